The summed E-state index contributed by atoms with van der Waals surface area (Å²) in [5, 5.41) is 4.38. The van der Waals surface area contributed by atoms with Crippen LogP contribution < -0.4 is 0 Å². The molecule has 2 aromatic rings. The van der Waals surface area contributed by atoms with Crippen LogP contribution in [0.5, 0.6) is 0 Å². The Hall–Kier alpha value is -2.67. The Morgan fingerprint density at radius 2 is 1.83 bits per heavy atom. The number of hydrogen-bond acceptors (Lipinski definition) is 7. The highest BCUT2D eigenvalue weighted by atomic mass is 35.5. The Bertz CT molecular complexity index is 709. The van der Waals surface area contributed by atoms with Crippen LogP contribution in [-0.4, -0.2) is 28.7 Å². The Morgan fingerprint density at radius 3 is 2.48 bits per heavy atom. The number of carbonyl (C=O) groups is 2. The van der Waals surface area contributed by atoms with Crippen molar-refractivity contribution in [2.45, 2.75) is 13.5 Å². The summed E-state index contributed by atoms with van der Waals surface area (Å²) >= 11 is 5.80. The van der Waals surface area contributed by atoms with Crippen molar-refractivity contribution in [3.63, 3.8) is 0 Å². The Balaban J connectivity index is 1.88. The van der Waals surface area contributed by atoms with Gasteiger partial charge in [-0.3, -0.25) is 0 Å². The first-order chi connectivity index (χ1) is 11.1. The summed E-state index contributed by atoms with van der Waals surface area (Å²) in [4.78, 5) is 26.5. The molecule has 8 heteroatoms. The van der Waals surface area contributed by atoms with Gasteiger partial charge in [-0.25, -0.2) is 9.59 Å². The van der Waals surface area contributed by atoms with E-state index in [0.717, 1.165) is 17.7 Å². The Labute approximate surface area is 136 Å². The van der Waals surface area contributed by atoms with Crippen LogP contribution >= 0.6 is 11.6 Å². The van der Waals surface area contributed by atoms with Crippen LogP contribution in [0.3, 0.4) is 0 Å². The lowest BCUT2D eigenvalue weighted by molar-refractivity contribution is -0.141. The maximum atomic E-state index is 11.4. The van der Waals surface area contributed by atoms with Crippen molar-refractivity contribution in [1.29, 1.82) is 0 Å². The Kier molecular flexibility index (Phi) is 5.87. The van der Waals surface area contributed by atoms with Crippen molar-refractivity contribution in [1.82, 2.24) is 10.1 Å². The lowest BCUT2D eigenvalue weighted by Gasteiger charge is -1.97. The smallest absolute Gasteiger partial charge is 0.331 e. The maximum Gasteiger partial charge on any atom is 0.331 e. The molecule has 0 saturated carbocycles. The van der Waals surface area contributed by atoms with Crippen LogP contribution in [0.2, 0.25) is 5.02 Å². The fourth-order valence-corrected chi connectivity index (χ4v) is 1.66. The highest BCUT2D eigenvalue weighted by Crippen LogP contribution is 2.18. The molecule has 120 valence electrons. The summed E-state index contributed by atoms with van der Waals surface area (Å²) in [6.45, 7) is 1.69. The lowest BCUT2D eigenvalue weighted by atomic mass is 10.2. The van der Waals surface area contributed by atoms with Crippen molar-refractivity contribution in [3.8, 4) is 11.4 Å². The minimum absolute atomic E-state index is 0.132. The molecule has 0 radical (unpaired) electrons. The zero-order valence-corrected chi connectivity index (χ0v) is 12.9. The fourth-order valence-electron chi connectivity index (χ4n) is 1.54. The second kappa shape index (κ2) is 8.09. The number of benzene rings is 1. The van der Waals surface area contributed by atoms with Crippen LogP contribution in [0.25, 0.3) is 11.4 Å². The number of esters is 2. The standard InChI is InChI=1S/C15H13ClN2O5/c1-2-21-13(19)7-8-14(20)22-9-12-17-15(18-23-12)10-3-5-11(16)6-4-10/h3-8H,2,9H2,1H3/b8-7+. The molecule has 1 aromatic heterocycles. The van der Waals surface area contributed by atoms with Gasteiger partial charge in [-0.05, 0) is 31.2 Å². The molecule has 7 nitrogen and oxygen atoms in total. The van der Waals surface area contributed by atoms with Gasteiger partial charge in [-0.15, -0.1) is 0 Å². The van der Waals surface area contributed by atoms with Gasteiger partial charge in [0.15, 0.2) is 6.61 Å². The molecule has 0 aliphatic rings. The molecule has 0 aliphatic heterocycles. The lowest BCUT2D eigenvalue weighted by Crippen LogP contribution is -2.04. The quantitative estimate of drug-likeness (QED) is 0.591. The van der Waals surface area contributed by atoms with Gasteiger partial charge in [0, 0.05) is 22.7 Å². The van der Waals surface area contributed by atoms with Gasteiger partial charge in [0.25, 0.3) is 5.89 Å². The third-order valence-corrected chi connectivity index (χ3v) is 2.80. The molecular formula is C15H13ClN2O5. The molecule has 0 saturated heterocycles. The number of nitrogens with zero attached hydrogens (tertiary/aromatic N) is 2. The van der Waals surface area contributed by atoms with E-state index in [1.165, 1.54) is 0 Å². The predicted octanol–water partition coefficient (Wildman–Crippen LogP) is 2.55. The van der Waals surface area contributed by atoms with Crippen molar-refractivity contribution < 1.29 is 23.6 Å². The van der Waals surface area contributed by atoms with E-state index >= 15 is 0 Å². The van der Waals surface area contributed by atoms with Gasteiger partial charge in [-0.2, -0.15) is 4.98 Å². The maximum absolute atomic E-state index is 11.4. The predicted molar refractivity (Wildman–Crippen MR) is 80.3 cm³/mol. The Morgan fingerprint density at radius 1 is 1.17 bits per heavy atom. The van der Waals surface area contributed by atoms with Gasteiger partial charge < -0.3 is 14.0 Å². The average Bonchev–Trinajstić information content (AvgIpc) is 3.01. The molecule has 0 spiro atoms. The van der Waals surface area contributed by atoms with E-state index in [0.29, 0.717) is 10.8 Å². The molecule has 23 heavy (non-hydrogen) atoms. The zero-order chi connectivity index (χ0) is 16.7. The monoisotopic (exact) mass is 336 g/mol. The average molecular weight is 337 g/mol. The number of rotatable bonds is 6. The minimum Gasteiger partial charge on any atom is -0.463 e. The first-order valence-electron chi connectivity index (χ1n) is 6.68. The number of aromatic nitrogens is 2. The van der Waals surface area contributed by atoms with Gasteiger partial charge in [0.05, 0.1) is 6.61 Å². The summed E-state index contributed by atoms with van der Waals surface area (Å²) < 4.78 is 14.5. The zero-order valence-electron chi connectivity index (χ0n) is 12.2. The van der Waals surface area contributed by atoms with E-state index < -0.39 is 11.9 Å². The first-order valence-corrected chi connectivity index (χ1v) is 7.06. The van der Waals surface area contributed by atoms with Crippen LogP contribution in [0.4, 0.5) is 0 Å². The van der Waals surface area contributed by atoms with Gasteiger partial charge in [0.1, 0.15) is 0 Å². The largest absolute Gasteiger partial charge is 0.463 e. The second-order valence-electron chi connectivity index (χ2n) is 4.21. The topological polar surface area (TPSA) is 91.5 Å². The number of carbonyl (C=O) groups excluding carboxylic acids is 2. The SMILES string of the molecule is CCOC(=O)/C=C/C(=O)OCc1nc(-c2ccc(Cl)cc2)no1. The van der Waals surface area contributed by atoms with Gasteiger partial charge in [-0.1, -0.05) is 16.8 Å². The highest BCUT2D eigenvalue weighted by molar-refractivity contribution is 6.30. The molecule has 0 fully saturated rings. The molecule has 0 aliphatic carbocycles. The molecule has 0 bridgehead atoms. The second-order valence-corrected chi connectivity index (χ2v) is 4.65. The third kappa shape index (κ3) is 5.23. The van der Waals surface area contributed by atoms with Crippen LogP contribution in [0.15, 0.2) is 40.9 Å². The van der Waals surface area contributed by atoms with Crippen molar-refractivity contribution in [2.75, 3.05) is 6.61 Å². The van der Waals surface area contributed by atoms with Gasteiger partial charge >= 0.3 is 11.9 Å². The number of ether oxygens (including phenoxy) is 2. The highest BCUT2D eigenvalue weighted by Gasteiger charge is 2.10. The van der Waals surface area contributed by atoms with Crippen LogP contribution in [0, 0.1) is 0 Å². The van der Waals surface area contributed by atoms with E-state index in [4.69, 9.17) is 20.9 Å². The fraction of sp³-hybridized carbons (Fsp3) is 0.200. The first kappa shape index (κ1) is 16.7. The molecule has 0 amide bonds. The molecule has 0 atom stereocenters. The van der Waals surface area contributed by atoms with E-state index in [1.807, 2.05) is 0 Å². The number of hydrogen-bond donors (Lipinski definition) is 0. The molecule has 1 heterocycles. The van der Waals surface area contributed by atoms with Crippen LogP contribution in [-0.2, 0) is 25.7 Å². The van der Waals surface area contributed by atoms with Crippen molar-refractivity contribution >= 4 is 23.5 Å². The van der Waals surface area contributed by atoms with E-state index in [-0.39, 0.29) is 19.1 Å². The summed E-state index contributed by atoms with van der Waals surface area (Å²) in [6, 6.07) is 6.89. The summed E-state index contributed by atoms with van der Waals surface area (Å²) in [7, 11) is 0. The van der Waals surface area contributed by atoms with Crippen molar-refractivity contribution in [3.05, 3.63) is 47.3 Å². The van der Waals surface area contributed by atoms with E-state index in [1.54, 1.807) is 31.2 Å². The molecule has 2 rings (SSSR count). The summed E-state index contributed by atoms with van der Waals surface area (Å²) in [6.07, 6.45) is 1.95. The summed E-state index contributed by atoms with van der Waals surface area (Å²) in [5.74, 6) is -0.848. The molecular weight excluding hydrogens is 324 g/mol. The van der Waals surface area contributed by atoms with E-state index in [2.05, 4.69) is 14.9 Å². The normalized spacial score (nSPS) is 10.7. The third-order valence-electron chi connectivity index (χ3n) is 2.55. The van der Waals surface area contributed by atoms with E-state index in [9.17, 15) is 9.59 Å². The molecule has 0 unspecified atom stereocenters. The molecule has 0 N–H and O–H groups in total. The minimum atomic E-state index is -0.718. The number of halogens is 1. The summed E-state index contributed by atoms with van der Waals surface area (Å²) in [5.41, 5.74) is 0.720. The van der Waals surface area contributed by atoms with Gasteiger partial charge in [0.2, 0.25) is 5.82 Å². The van der Waals surface area contributed by atoms with Crippen LogP contribution in [0.1, 0.15) is 12.8 Å². The molecule has 1 aromatic carbocycles. The van der Waals surface area contributed by atoms with Crippen molar-refractivity contribution in [2.24, 2.45) is 0 Å².